The summed E-state index contributed by atoms with van der Waals surface area (Å²) in [5.41, 5.74) is 3.20. The zero-order chi connectivity index (χ0) is 15.5. The summed E-state index contributed by atoms with van der Waals surface area (Å²) in [5.74, 6) is -0.284. The molecule has 0 aliphatic carbocycles. The number of aromatic amines is 1. The number of carbonyl (C=O) groups excluding carboxylic acids is 1. The van der Waals surface area contributed by atoms with Crippen LogP contribution >= 0.6 is 11.6 Å². The molecule has 0 unspecified atom stereocenters. The first-order valence-corrected chi connectivity index (χ1v) is 7.06. The van der Waals surface area contributed by atoms with Crippen molar-refractivity contribution in [1.29, 1.82) is 0 Å². The van der Waals surface area contributed by atoms with E-state index < -0.39 is 0 Å². The maximum atomic E-state index is 12.3. The molecule has 0 aliphatic heterocycles. The van der Waals surface area contributed by atoms with Crippen molar-refractivity contribution in [2.75, 3.05) is 5.32 Å². The van der Waals surface area contributed by atoms with E-state index in [0.717, 1.165) is 11.3 Å². The van der Waals surface area contributed by atoms with E-state index >= 15 is 0 Å². The van der Waals surface area contributed by atoms with Crippen molar-refractivity contribution < 1.29 is 4.79 Å². The molecule has 0 radical (unpaired) electrons. The maximum Gasteiger partial charge on any atom is 0.274 e. The van der Waals surface area contributed by atoms with E-state index in [1.54, 1.807) is 36.5 Å². The molecule has 3 rings (SSSR count). The highest BCUT2D eigenvalue weighted by atomic mass is 35.5. The lowest BCUT2D eigenvalue weighted by Gasteiger charge is -2.07. The molecule has 1 aromatic carbocycles. The van der Waals surface area contributed by atoms with Crippen LogP contribution in [0.3, 0.4) is 0 Å². The standard InChI is InChI=1S/C16H13ClN4O/c1-10-14(19-16(22)13-7-2-3-8-18-13)15(21-20-10)11-5-4-6-12(17)9-11/h2-9H,1H3,(H,19,22)(H,20,21). The molecule has 2 N–H and O–H groups in total. The fraction of sp³-hybridized carbons (Fsp3) is 0.0625. The average molecular weight is 313 g/mol. The van der Waals surface area contributed by atoms with E-state index in [4.69, 9.17) is 11.6 Å². The predicted octanol–water partition coefficient (Wildman–Crippen LogP) is 3.69. The van der Waals surface area contributed by atoms with Gasteiger partial charge in [0.1, 0.15) is 11.4 Å². The average Bonchev–Trinajstić information content (AvgIpc) is 2.89. The SMILES string of the molecule is Cc1[nH]nc(-c2cccc(Cl)c2)c1NC(=O)c1ccccn1. The highest BCUT2D eigenvalue weighted by molar-refractivity contribution is 6.30. The summed E-state index contributed by atoms with van der Waals surface area (Å²) in [6, 6.07) is 12.5. The molecule has 0 aliphatic rings. The minimum absolute atomic E-state index is 0.284. The summed E-state index contributed by atoms with van der Waals surface area (Å²) in [6.45, 7) is 1.84. The second-order valence-corrected chi connectivity index (χ2v) is 5.19. The summed E-state index contributed by atoms with van der Waals surface area (Å²) in [6.07, 6.45) is 1.58. The van der Waals surface area contributed by atoms with Crippen molar-refractivity contribution >= 4 is 23.2 Å². The van der Waals surface area contributed by atoms with Crippen LogP contribution in [0.2, 0.25) is 5.02 Å². The Bertz CT molecular complexity index is 814. The van der Waals surface area contributed by atoms with Gasteiger partial charge in [0.15, 0.2) is 0 Å². The molecule has 1 amide bonds. The molecular weight excluding hydrogens is 300 g/mol. The number of aromatic nitrogens is 3. The van der Waals surface area contributed by atoms with Gasteiger partial charge in [-0.3, -0.25) is 14.9 Å². The number of benzene rings is 1. The lowest BCUT2D eigenvalue weighted by molar-refractivity contribution is 0.102. The number of H-pyrrole nitrogens is 1. The molecule has 22 heavy (non-hydrogen) atoms. The smallest absolute Gasteiger partial charge is 0.274 e. The third-order valence-electron chi connectivity index (χ3n) is 3.18. The van der Waals surface area contributed by atoms with Crippen molar-refractivity contribution in [3.8, 4) is 11.3 Å². The van der Waals surface area contributed by atoms with Gasteiger partial charge >= 0.3 is 0 Å². The number of hydrogen-bond acceptors (Lipinski definition) is 3. The Kier molecular flexibility index (Phi) is 3.89. The van der Waals surface area contributed by atoms with Gasteiger partial charge in [-0.2, -0.15) is 5.10 Å². The van der Waals surface area contributed by atoms with Gasteiger partial charge in [0, 0.05) is 16.8 Å². The number of rotatable bonds is 3. The molecule has 0 spiro atoms. The number of aryl methyl sites for hydroxylation is 1. The molecule has 2 heterocycles. The summed E-state index contributed by atoms with van der Waals surface area (Å²) >= 11 is 6.02. The predicted molar refractivity (Wildman–Crippen MR) is 86.0 cm³/mol. The number of anilines is 1. The molecule has 5 nitrogen and oxygen atoms in total. The Morgan fingerprint density at radius 3 is 2.82 bits per heavy atom. The second-order valence-electron chi connectivity index (χ2n) is 4.75. The Morgan fingerprint density at radius 2 is 2.09 bits per heavy atom. The minimum Gasteiger partial charge on any atom is -0.317 e. The monoisotopic (exact) mass is 312 g/mol. The normalized spacial score (nSPS) is 10.5. The fourth-order valence-corrected chi connectivity index (χ4v) is 2.29. The first kappa shape index (κ1) is 14.3. The molecular formula is C16H13ClN4O. The van der Waals surface area contributed by atoms with Crippen molar-refractivity contribution in [2.45, 2.75) is 6.92 Å². The van der Waals surface area contributed by atoms with Crippen LogP contribution in [0.15, 0.2) is 48.7 Å². The number of amides is 1. The van der Waals surface area contributed by atoms with Crippen LogP contribution in [0.25, 0.3) is 11.3 Å². The number of nitrogens with zero attached hydrogens (tertiary/aromatic N) is 2. The van der Waals surface area contributed by atoms with E-state index in [9.17, 15) is 4.79 Å². The lowest BCUT2D eigenvalue weighted by Crippen LogP contribution is -2.14. The van der Waals surface area contributed by atoms with Gasteiger partial charge in [0.05, 0.1) is 11.4 Å². The van der Waals surface area contributed by atoms with Crippen LogP contribution in [0.1, 0.15) is 16.2 Å². The molecule has 0 atom stereocenters. The fourth-order valence-electron chi connectivity index (χ4n) is 2.10. The van der Waals surface area contributed by atoms with Gasteiger partial charge in [-0.15, -0.1) is 0 Å². The van der Waals surface area contributed by atoms with E-state index in [1.807, 2.05) is 19.1 Å². The summed E-state index contributed by atoms with van der Waals surface area (Å²) in [7, 11) is 0. The van der Waals surface area contributed by atoms with Crippen molar-refractivity contribution in [3.05, 3.63) is 65.1 Å². The summed E-state index contributed by atoms with van der Waals surface area (Å²) < 4.78 is 0. The number of hydrogen-bond donors (Lipinski definition) is 2. The lowest BCUT2D eigenvalue weighted by atomic mass is 10.1. The number of pyridine rings is 1. The molecule has 0 saturated carbocycles. The Morgan fingerprint density at radius 1 is 1.23 bits per heavy atom. The topological polar surface area (TPSA) is 70.7 Å². The Hall–Kier alpha value is -2.66. The third kappa shape index (κ3) is 2.84. The molecule has 110 valence electrons. The van der Waals surface area contributed by atoms with Crippen molar-refractivity contribution in [2.24, 2.45) is 0 Å². The van der Waals surface area contributed by atoms with Crippen LogP contribution in [0.4, 0.5) is 5.69 Å². The quantitative estimate of drug-likeness (QED) is 0.775. The molecule has 2 aromatic heterocycles. The molecule has 6 heteroatoms. The van der Waals surface area contributed by atoms with Gasteiger partial charge in [0.25, 0.3) is 5.91 Å². The highest BCUT2D eigenvalue weighted by Gasteiger charge is 2.16. The number of halogens is 1. The van der Waals surface area contributed by atoms with Crippen LogP contribution in [-0.4, -0.2) is 21.1 Å². The Balaban J connectivity index is 1.95. The van der Waals surface area contributed by atoms with Crippen LogP contribution in [0, 0.1) is 6.92 Å². The number of carbonyl (C=O) groups is 1. The van der Waals surface area contributed by atoms with Gasteiger partial charge in [0.2, 0.25) is 0 Å². The van der Waals surface area contributed by atoms with E-state index in [-0.39, 0.29) is 5.91 Å². The largest absolute Gasteiger partial charge is 0.317 e. The second kappa shape index (κ2) is 5.99. The van der Waals surface area contributed by atoms with Gasteiger partial charge < -0.3 is 5.32 Å². The van der Waals surface area contributed by atoms with Crippen molar-refractivity contribution in [1.82, 2.24) is 15.2 Å². The first-order valence-electron chi connectivity index (χ1n) is 6.68. The van der Waals surface area contributed by atoms with Crippen LogP contribution in [-0.2, 0) is 0 Å². The van der Waals surface area contributed by atoms with Gasteiger partial charge in [-0.05, 0) is 31.2 Å². The first-order chi connectivity index (χ1) is 10.6. The highest BCUT2D eigenvalue weighted by Crippen LogP contribution is 2.30. The minimum atomic E-state index is -0.284. The van der Waals surface area contributed by atoms with E-state index in [0.29, 0.717) is 22.1 Å². The van der Waals surface area contributed by atoms with Crippen molar-refractivity contribution in [3.63, 3.8) is 0 Å². The molecule has 0 fully saturated rings. The number of nitrogens with one attached hydrogen (secondary N) is 2. The van der Waals surface area contributed by atoms with E-state index in [2.05, 4.69) is 20.5 Å². The molecule has 3 aromatic rings. The summed E-state index contributed by atoms with van der Waals surface area (Å²) in [4.78, 5) is 16.3. The zero-order valence-corrected chi connectivity index (χ0v) is 12.6. The van der Waals surface area contributed by atoms with Crippen LogP contribution < -0.4 is 5.32 Å². The molecule has 0 saturated heterocycles. The third-order valence-corrected chi connectivity index (χ3v) is 3.42. The van der Waals surface area contributed by atoms with Gasteiger partial charge in [-0.25, -0.2) is 0 Å². The van der Waals surface area contributed by atoms with Gasteiger partial charge in [-0.1, -0.05) is 29.8 Å². The zero-order valence-electron chi connectivity index (χ0n) is 11.8. The van der Waals surface area contributed by atoms with E-state index in [1.165, 1.54) is 0 Å². The molecule has 0 bridgehead atoms. The maximum absolute atomic E-state index is 12.3. The Labute approximate surface area is 132 Å². The van der Waals surface area contributed by atoms with Crippen LogP contribution in [0.5, 0.6) is 0 Å². The summed E-state index contributed by atoms with van der Waals surface area (Å²) in [5, 5.41) is 10.6.